The Bertz CT molecular complexity index is 773. The van der Waals surface area contributed by atoms with Gasteiger partial charge in [0.25, 0.3) is 5.91 Å². The number of fused-ring (bicyclic) bond motifs is 1. The Morgan fingerprint density at radius 3 is 2.96 bits per heavy atom. The molecule has 2 N–H and O–H groups in total. The molecule has 1 amide bonds. The Labute approximate surface area is 139 Å². The van der Waals surface area contributed by atoms with Crippen molar-refractivity contribution in [1.82, 2.24) is 14.9 Å². The van der Waals surface area contributed by atoms with Crippen molar-refractivity contribution in [1.29, 1.82) is 0 Å². The number of aliphatic hydroxyl groups is 1. The molecule has 4 rings (SSSR count). The van der Waals surface area contributed by atoms with E-state index in [1.807, 2.05) is 25.1 Å². The average Bonchev–Trinajstić information content (AvgIpc) is 3.22. The summed E-state index contributed by atoms with van der Waals surface area (Å²) in [6, 6.07) is 5.75. The topological polar surface area (TPSA) is 87.7 Å². The third-order valence-corrected chi connectivity index (χ3v) is 4.73. The molecule has 1 fully saturated rings. The number of nitrogens with one attached hydrogen (secondary N) is 1. The smallest absolute Gasteiger partial charge is 0.274 e. The van der Waals surface area contributed by atoms with Crippen LogP contribution in [0.4, 0.5) is 0 Å². The Morgan fingerprint density at radius 2 is 2.21 bits per heavy atom. The van der Waals surface area contributed by atoms with Gasteiger partial charge in [0.2, 0.25) is 6.79 Å². The first kappa shape index (κ1) is 15.0. The third-order valence-electron chi connectivity index (χ3n) is 4.73. The molecule has 1 aromatic carbocycles. The number of amides is 1. The Hall–Kier alpha value is -2.54. The van der Waals surface area contributed by atoms with Gasteiger partial charge >= 0.3 is 0 Å². The minimum absolute atomic E-state index is 0.0242. The van der Waals surface area contributed by atoms with Crippen LogP contribution < -0.4 is 9.47 Å². The molecule has 0 saturated carbocycles. The van der Waals surface area contributed by atoms with Crippen LogP contribution in [0.25, 0.3) is 0 Å². The molecule has 1 saturated heterocycles. The number of rotatable bonds is 2. The van der Waals surface area contributed by atoms with Gasteiger partial charge in [0.05, 0.1) is 12.4 Å². The first-order valence-corrected chi connectivity index (χ1v) is 8.00. The van der Waals surface area contributed by atoms with Crippen molar-refractivity contribution in [3.63, 3.8) is 0 Å². The van der Waals surface area contributed by atoms with Crippen LogP contribution in [0.3, 0.4) is 0 Å². The van der Waals surface area contributed by atoms with Gasteiger partial charge in [-0.2, -0.15) is 0 Å². The second-order valence-corrected chi connectivity index (χ2v) is 6.20. The molecule has 0 radical (unpaired) electrons. The van der Waals surface area contributed by atoms with Gasteiger partial charge in [0.1, 0.15) is 5.69 Å². The molecular weight excluding hydrogens is 310 g/mol. The van der Waals surface area contributed by atoms with E-state index in [2.05, 4.69) is 9.97 Å². The molecule has 24 heavy (non-hydrogen) atoms. The van der Waals surface area contributed by atoms with Crippen molar-refractivity contribution >= 4 is 5.91 Å². The summed E-state index contributed by atoms with van der Waals surface area (Å²) in [4.78, 5) is 21.2. The number of aliphatic hydroxyl groups excluding tert-OH is 1. The van der Waals surface area contributed by atoms with E-state index in [4.69, 9.17) is 9.47 Å². The number of nitrogens with zero attached hydrogens (tertiary/aromatic N) is 2. The molecule has 1 aromatic heterocycles. The molecular formula is C17H19N3O4. The van der Waals surface area contributed by atoms with Gasteiger partial charge in [-0.3, -0.25) is 4.79 Å². The molecule has 2 aliphatic rings. The second-order valence-electron chi connectivity index (χ2n) is 6.20. The van der Waals surface area contributed by atoms with Crippen LogP contribution in [0.2, 0.25) is 0 Å². The molecule has 7 heteroatoms. The Kier molecular flexibility index (Phi) is 3.65. The lowest BCUT2D eigenvalue weighted by atomic mass is 9.86. The maximum atomic E-state index is 12.5. The number of ether oxygens (including phenoxy) is 2. The predicted molar refractivity (Wildman–Crippen MR) is 85.2 cm³/mol. The monoisotopic (exact) mass is 329 g/mol. The van der Waals surface area contributed by atoms with E-state index in [0.29, 0.717) is 31.0 Å². The highest BCUT2D eigenvalue weighted by Crippen LogP contribution is 2.37. The number of carbonyl (C=O) groups is 1. The standard InChI is InChI=1S/C17H19N3O4/c1-10-16(19-8-18-10)17(22)20-5-4-12(13(21)7-20)11-2-3-14-15(6-11)24-9-23-14/h2-3,6,8,12-13,21H,4-5,7,9H2,1H3,(H,18,19)/t12-,13+/m0/s1. The highest BCUT2D eigenvalue weighted by atomic mass is 16.7. The molecule has 0 spiro atoms. The second kappa shape index (κ2) is 5.83. The number of hydrogen-bond donors (Lipinski definition) is 2. The van der Waals surface area contributed by atoms with Gasteiger partial charge in [-0.05, 0) is 31.0 Å². The molecule has 0 bridgehead atoms. The van der Waals surface area contributed by atoms with Crippen LogP contribution in [-0.4, -0.2) is 51.9 Å². The number of piperidine rings is 1. The summed E-state index contributed by atoms with van der Waals surface area (Å²) in [5, 5.41) is 10.6. The fourth-order valence-electron chi connectivity index (χ4n) is 3.37. The fraction of sp³-hybridized carbons (Fsp3) is 0.412. The van der Waals surface area contributed by atoms with Gasteiger partial charge in [-0.25, -0.2) is 4.98 Å². The van der Waals surface area contributed by atoms with E-state index in [1.165, 1.54) is 6.33 Å². The first-order chi connectivity index (χ1) is 11.6. The summed E-state index contributed by atoms with van der Waals surface area (Å²) in [7, 11) is 0. The maximum Gasteiger partial charge on any atom is 0.274 e. The third kappa shape index (κ3) is 2.50. The lowest BCUT2D eigenvalue weighted by molar-refractivity contribution is 0.0377. The predicted octanol–water partition coefficient (Wildman–Crippen LogP) is 1.44. The summed E-state index contributed by atoms with van der Waals surface area (Å²) >= 11 is 0. The van der Waals surface area contributed by atoms with Crippen LogP contribution in [0.5, 0.6) is 11.5 Å². The highest BCUT2D eigenvalue weighted by molar-refractivity contribution is 5.93. The zero-order chi connectivity index (χ0) is 16.7. The summed E-state index contributed by atoms with van der Waals surface area (Å²) in [5.41, 5.74) is 2.17. The Morgan fingerprint density at radius 1 is 1.38 bits per heavy atom. The SMILES string of the molecule is Cc1[nH]cnc1C(=O)N1CC[C@@H](c2ccc3c(c2)OCO3)[C@H](O)C1. The van der Waals surface area contributed by atoms with Crippen LogP contribution in [0, 0.1) is 6.92 Å². The zero-order valence-electron chi connectivity index (χ0n) is 13.4. The lowest BCUT2D eigenvalue weighted by Gasteiger charge is -2.36. The molecule has 0 aliphatic carbocycles. The molecule has 126 valence electrons. The van der Waals surface area contributed by atoms with Crippen molar-refractivity contribution in [2.75, 3.05) is 19.9 Å². The largest absolute Gasteiger partial charge is 0.454 e. The molecule has 2 aromatic rings. The fourth-order valence-corrected chi connectivity index (χ4v) is 3.37. The first-order valence-electron chi connectivity index (χ1n) is 8.00. The van der Waals surface area contributed by atoms with Crippen LogP contribution in [-0.2, 0) is 0 Å². The van der Waals surface area contributed by atoms with Crippen molar-refractivity contribution in [2.24, 2.45) is 0 Å². The number of aromatic nitrogens is 2. The van der Waals surface area contributed by atoms with Crippen molar-refractivity contribution in [3.05, 3.63) is 41.5 Å². The van der Waals surface area contributed by atoms with Crippen LogP contribution >= 0.6 is 0 Å². The number of likely N-dealkylation sites (tertiary alicyclic amines) is 1. The zero-order valence-corrected chi connectivity index (χ0v) is 13.4. The van der Waals surface area contributed by atoms with E-state index in [1.54, 1.807) is 4.90 Å². The summed E-state index contributed by atoms with van der Waals surface area (Å²) < 4.78 is 10.7. The number of H-pyrrole nitrogens is 1. The van der Waals surface area contributed by atoms with Gasteiger partial charge in [-0.15, -0.1) is 0 Å². The van der Waals surface area contributed by atoms with Crippen molar-refractivity contribution in [3.8, 4) is 11.5 Å². The van der Waals surface area contributed by atoms with E-state index in [9.17, 15) is 9.90 Å². The lowest BCUT2D eigenvalue weighted by Crippen LogP contribution is -2.46. The van der Waals surface area contributed by atoms with E-state index in [0.717, 1.165) is 17.0 Å². The van der Waals surface area contributed by atoms with Gasteiger partial charge in [0.15, 0.2) is 11.5 Å². The number of carbonyl (C=O) groups excluding carboxylic acids is 1. The van der Waals surface area contributed by atoms with Crippen molar-refractivity contribution < 1.29 is 19.4 Å². The molecule has 7 nitrogen and oxygen atoms in total. The molecule has 0 unspecified atom stereocenters. The summed E-state index contributed by atoms with van der Waals surface area (Å²) in [5.74, 6) is 1.28. The highest BCUT2D eigenvalue weighted by Gasteiger charge is 2.33. The quantitative estimate of drug-likeness (QED) is 0.870. The number of benzene rings is 1. The van der Waals surface area contributed by atoms with Crippen LogP contribution in [0.1, 0.15) is 34.1 Å². The molecule has 2 aliphatic heterocycles. The van der Waals surface area contributed by atoms with Crippen LogP contribution in [0.15, 0.2) is 24.5 Å². The number of imidazole rings is 1. The summed E-state index contributed by atoms with van der Waals surface area (Å²) in [6.45, 7) is 2.93. The number of hydrogen-bond acceptors (Lipinski definition) is 5. The maximum absolute atomic E-state index is 12.5. The normalized spacial score (nSPS) is 22.7. The average molecular weight is 329 g/mol. The minimum Gasteiger partial charge on any atom is -0.454 e. The minimum atomic E-state index is -0.623. The Balaban J connectivity index is 1.49. The van der Waals surface area contributed by atoms with Gasteiger partial charge in [-0.1, -0.05) is 6.07 Å². The van der Waals surface area contributed by atoms with Gasteiger partial charge in [0, 0.05) is 24.7 Å². The molecule has 2 atom stereocenters. The summed E-state index contributed by atoms with van der Waals surface area (Å²) in [6.07, 6.45) is 1.58. The van der Waals surface area contributed by atoms with E-state index in [-0.39, 0.29) is 18.6 Å². The van der Waals surface area contributed by atoms with E-state index >= 15 is 0 Å². The number of β-amino-alcohol motifs (C(OH)–C–C–N with tert-alkyl or cyclic N) is 1. The number of aromatic amines is 1. The number of aryl methyl sites for hydroxylation is 1. The van der Waals surface area contributed by atoms with E-state index < -0.39 is 6.10 Å². The molecule has 3 heterocycles. The van der Waals surface area contributed by atoms with Crippen molar-refractivity contribution in [2.45, 2.75) is 25.4 Å². The van der Waals surface area contributed by atoms with Gasteiger partial charge < -0.3 is 24.5 Å².